The molecule has 0 aliphatic carbocycles. The highest BCUT2D eigenvalue weighted by Crippen LogP contribution is 2.27. The molecule has 2 heterocycles. The first-order valence-corrected chi connectivity index (χ1v) is 9.79. The van der Waals surface area contributed by atoms with Gasteiger partial charge in [0.15, 0.2) is 0 Å². The summed E-state index contributed by atoms with van der Waals surface area (Å²) in [5, 5.41) is 0. The number of hydrogen-bond acceptors (Lipinski definition) is 5. The molecule has 2 aromatic rings. The Hall–Kier alpha value is -1.95. The molecule has 1 aromatic heterocycles. The minimum atomic E-state index is -0.256. The molecule has 26 heavy (non-hydrogen) atoms. The predicted molar refractivity (Wildman–Crippen MR) is 107 cm³/mol. The fraction of sp³-hybridized carbons (Fsp3) is 0.450. The topological polar surface area (TPSA) is 41.4 Å². The van der Waals surface area contributed by atoms with Gasteiger partial charge in [0.05, 0.1) is 5.71 Å². The SMILES string of the molecule is CC(C)(C)SN=C(c1ccc(F)cc1)c1cnc(N2CCCCC2)nc1. The van der Waals surface area contributed by atoms with Gasteiger partial charge in [-0.1, -0.05) is 0 Å². The van der Waals surface area contributed by atoms with Crippen LogP contribution < -0.4 is 4.90 Å². The van der Waals surface area contributed by atoms with E-state index < -0.39 is 0 Å². The highest BCUT2D eigenvalue weighted by atomic mass is 32.2. The van der Waals surface area contributed by atoms with Crippen molar-refractivity contribution in [2.45, 2.75) is 44.8 Å². The second kappa shape index (κ2) is 8.16. The van der Waals surface area contributed by atoms with Crippen molar-refractivity contribution in [1.82, 2.24) is 9.97 Å². The first kappa shape index (κ1) is 18.8. The predicted octanol–water partition coefficient (Wildman–Crippen LogP) is 4.89. The number of hydrogen-bond donors (Lipinski definition) is 0. The third-order valence-corrected chi connectivity index (χ3v) is 4.90. The average Bonchev–Trinajstić information content (AvgIpc) is 2.64. The monoisotopic (exact) mass is 372 g/mol. The fourth-order valence-electron chi connectivity index (χ4n) is 2.76. The Balaban J connectivity index is 1.89. The van der Waals surface area contributed by atoms with Gasteiger partial charge in [-0.15, -0.1) is 0 Å². The summed E-state index contributed by atoms with van der Waals surface area (Å²) >= 11 is 1.50. The lowest BCUT2D eigenvalue weighted by Crippen LogP contribution is -2.31. The van der Waals surface area contributed by atoms with E-state index in [1.54, 1.807) is 12.1 Å². The van der Waals surface area contributed by atoms with Crippen LogP contribution in [-0.4, -0.2) is 33.5 Å². The minimum absolute atomic E-state index is 0.0140. The van der Waals surface area contributed by atoms with E-state index in [9.17, 15) is 4.39 Å². The molecule has 3 rings (SSSR count). The number of rotatable bonds is 4. The van der Waals surface area contributed by atoms with Crippen LogP contribution in [0.5, 0.6) is 0 Å². The van der Waals surface area contributed by atoms with E-state index in [-0.39, 0.29) is 10.6 Å². The van der Waals surface area contributed by atoms with Gasteiger partial charge in [0.25, 0.3) is 0 Å². The van der Waals surface area contributed by atoms with Crippen LogP contribution in [0.4, 0.5) is 10.3 Å². The first-order chi connectivity index (χ1) is 12.4. The largest absolute Gasteiger partial charge is 0.341 e. The third kappa shape index (κ3) is 5.04. The van der Waals surface area contributed by atoms with Crippen molar-refractivity contribution in [2.24, 2.45) is 4.40 Å². The first-order valence-electron chi connectivity index (χ1n) is 9.02. The van der Waals surface area contributed by atoms with Crippen molar-refractivity contribution in [3.8, 4) is 0 Å². The zero-order valence-electron chi connectivity index (χ0n) is 15.6. The van der Waals surface area contributed by atoms with Crippen molar-refractivity contribution in [3.05, 3.63) is 53.6 Å². The van der Waals surface area contributed by atoms with Gasteiger partial charge in [-0.3, -0.25) is 0 Å². The second-order valence-electron chi connectivity index (χ2n) is 7.47. The zero-order chi connectivity index (χ0) is 18.6. The molecular weight excluding hydrogens is 347 g/mol. The molecule has 0 spiro atoms. The quantitative estimate of drug-likeness (QED) is 0.566. The van der Waals surface area contributed by atoms with E-state index in [1.807, 2.05) is 12.4 Å². The van der Waals surface area contributed by atoms with Crippen molar-refractivity contribution in [3.63, 3.8) is 0 Å². The molecule has 0 N–H and O–H groups in total. The molecule has 1 fully saturated rings. The molecule has 0 bridgehead atoms. The number of aromatic nitrogens is 2. The Morgan fingerprint density at radius 2 is 1.62 bits per heavy atom. The summed E-state index contributed by atoms with van der Waals surface area (Å²) in [6.07, 6.45) is 7.30. The van der Waals surface area contributed by atoms with Crippen LogP contribution in [0, 0.1) is 5.82 Å². The molecule has 1 aliphatic rings. The van der Waals surface area contributed by atoms with Gasteiger partial charge < -0.3 is 4.90 Å². The van der Waals surface area contributed by atoms with Crippen molar-refractivity contribution in [1.29, 1.82) is 0 Å². The molecular formula is C20H25FN4S. The Kier molecular flexibility index (Phi) is 5.91. The molecule has 1 aliphatic heterocycles. The number of nitrogens with zero attached hydrogens (tertiary/aromatic N) is 4. The van der Waals surface area contributed by atoms with Crippen LogP contribution in [0.3, 0.4) is 0 Å². The van der Waals surface area contributed by atoms with Crippen molar-refractivity contribution < 1.29 is 4.39 Å². The van der Waals surface area contributed by atoms with Gasteiger partial charge in [0.2, 0.25) is 5.95 Å². The van der Waals surface area contributed by atoms with Crippen molar-refractivity contribution >= 4 is 23.6 Å². The summed E-state index contributed by atoms with van der Waals surface area (Å²) in [4.78, 5) is 11.4. The van der Waals surface area contributed by atoms with Crippen LogP contribution in [0.25, 0.3) is 0 Å². The van der Waals surface area contributed by atoms with Gasteiger partial charge in [-0.2, -0.15) is 0 Å². The fourth-order valence-corrected chi connectivity index (χ4v) is 3.34. The van der Waals surface area contributed by atoms with E-state index >= 15 is 0 Å². The molecule has 0 saturated carbocycles. The summed E-state index contributed by atoms with van der Waals surface area (Å²) < 4.78 is 18.0. The van der Waals surface area contributed by atoms with E-state index in [2.05, 4.69) is 35.6 Å². The number of benzene rings is 1. The standard InChI is InChI=1S/C20H25FN4S/c1-20(2,3)26-24-18(15-7-9-17(21)10-8-15)16-13-22-19(23-14-16)25-11-5-4-6-12-25/h7-10,13-14H,4-6,11-12H2,1-3H3. The highest BCUT2D eigenvalue weighted by Gasteiger charge is 2.16. The van der Waals surface area contributed by atoms with Crippen LogP contribution in [0.2, 0.25) is 0 Å². The highest BCUT2D eigenvalue weighted by molar-refractivity contribution is 7.99. The van der Waals surface area contributed by atoms with E-state index in [0.717, 1.165) is 35.9 Å². The maximum atomic E-state index is 13.3. The lowest BCUT2D eigenvalue weighted by molar-refractivity contribution is 0.568. The Labute approximate surface area is 159 Å². The second-order valence-corrected chi connectivity index (χ2v) is 9.06. The summed E-state index contributed by atoms with van der Waals surface area (Å²) in [5.74, 6) is 0.517. The lowest BCUT2D eigenvalue weighted by Gasteiger charge is -2.26. The summed E-state index contributed by atoms with van der Waals surface area (Å²) in [6, 6.07) is 6.40. The molecule has 6 heteroatoms. The van der Waals surface area contributed by atoms with Crippen molar-refractivity contribution in [2.75, 3.05) is 18.0 Å². The molecule has 0 unspecified atom stereocenters. The molecule has 0 radical (unpaired) electrons. The van der Waals surface area contributed by atoms with E-state index in [1.165, 1.54) is 43.3 Å². The van der Waals surface area contributed by atoms with Gasteiger partial charge >= 0.3 is 0 Å². The van der Waals surface area contributed by atoms with Crippen LogP contribution in [-0.2, 0) is 0 Å². The maximum absolute atomic E-state index is 13.3. The summed E-state index contributed by atoms with van der Waals surface area (Å²) in [6.45, 7) is 8.36. The van der Waals surface area contributed by atoms with Gasteiger partial charge in [0, 0.05) is 41.4 Å². The summed E-state index contributed by atoms with van der Waals surface area (Å²) in [7, 11) is 0. The minimum Gasteiger partial charge on any atom is -0.341 e. The van der Waals surface area contributed by atoms with E-state index in [4.69, 9.17) is 4.40 Å². The van der Waals surface area contributed by atoms with Crippen LogP contribution in [0.1, 0.15) is 51.2 Å². The van der Waals surface area contributed by atoms with Gasteiger partial charge in [0.1, 0.15) is 5.82 Å². The Morgan fingerprint density at radius 1 is 1.00 bits per heavy atom. The van der Waals surface area contributed by atoms with Crippen LogP contribution in [0.15, 0.2) is 41.1 Å². The van der Waals surface area contributed by atoms with Gasteiger partial charge in [-0.05, 0) is 76.2 Å². The smallest absolute Gasteiger partial charge is 0.225 e. The maximum Gasteiger partial charge on any atom is 0.225 e. The average molecular weight is 373 g/mol. The normalized spacial score (nSPS) is 16.0. The number of piperidine rings is 1. The van der Waals surface area contributed by atoms with E-state index in [0.29, 0.717) is 0 Å². The number of halogens is 1. The Morgan fingerprint density at radius 3 is 2.19 bits per heavy atom. The number of anilines is 1. The molecule has 4 nitrogen and oxygen atoms in total. The zero-order valence-corrected chi connectivity index (χ0v) is 16.4. The van der Waals surface area contributed by atoms with Crippen LogP contribution >= 0.6 is 11.9 Å². The van der Waals surface area contributed by atoms with Gasteiger partial charge in [-0.25, -0.2) is 18.8 Å². The molecule has 0 amide bonds. The third-order valence-electron chi connectivity index (χ3n) is 4.08. The lowest BCUT2D eigenvalue weighted by atomic mass is 10.1. The summed E-state index contributed by atoms with van der Waals surface area (Å²) in [5.41, 5.74) is 2.47. The molecule has 0 atom stereocenters. The Bertz CT molecular complexity index is 745. The molecule has 1 aromatic carbocycles. The molecule has 138 valence electrons. The molecule has 1 saturated heterocycles.